The second kappa shape index (κ2) is 6.22. The predicted molar refractivity (Wildman–Crippen MR) is 82.1 cm³/mol. The fourth-order valence-electron chi connectivity index (χ4n) is 2.00. The zero-order valence-corrected chi connectivity index (χ0v) is 12.4. The molecule has 3 aromatic heterocycles. The minimum Gasteiger partial charge on any atom is -0.443 e. The summed E-state index contributed by atoms with van der Waals surface area (Å²) in [6.45, 7) is 1.99. The molecule has 3 rings (SSSR count). The van der Waals surface area contributed by atoms with Gasteiger partial charge < -0.3 is 15.5 Å². The number of carbonyl (C=O) groups excluding carboxylic acids is 1. The molecule has 8 heteroatoms. The van der Waals surface area contributed by atoms with Crippen LogP contribution in [0.15, 0.2) is 41.3 Å². The van der Waals surface area contributed by atoms with Crippen molar-refractivity contribution in [2.45, 2.75) is 13.5 Å². The SMILES string of the molecule is Cc1nc(C(=O)NCc2ccccn2)c(N)nc1-c1ncco1. The Morgan fingerprint density at radius 1 is 1.26 bits per heavy atom. The van der Waals surface area contributed by atoms with Crippen LogP contribution in [-0.2, 0) is 6.54 Å². The van der Waals surface area contributed by atoms with E-state index in [1.54, 1.807) is 19.2 Å². The van der Waals surface area contributed by atoms with E-state index in [9.17, 15) is 4.79 Å². The van der Waals surface area contributed by atoms with Gasteiger partial charge in [-0.3, -0.25) is 9.78 Å². The Morgan fingerprint density at radius 2 is 2.13 bits per heavy atom. The summed E-state index contributed by atoms with van der Waals surface area (Å²) in [5.41, 5.74) is 7.56. The van der Waals surface area contributed by atoms with Crippen molar-refractivity contribution in [2.24, 2.45) is 0 Å². The van der Waals surface area contributed by atoms with Crippen LogP contribution in [0.4, 0.5) is 5.82 Å². The molecule has 23 heavy (non-hydrogen) atoms. The predicted octanol–water partition coefficient (Wildman–Crippen LogP) is 1.35. The van der Waals surface area contributed by atoms with Gasteiger partial charge in [0.1, 0.15) is 12.0 Å². The zero-order valence-electron chi connectivity index (χ0n) is 12.4. The number of aryl methyl sites for hydroxylation is 1. The fraction of sp³-hybridized carbons (Fsp3) is 0.133. The Balaban J connectivity index is 1.80. The topological polar surface area (TPSA) is 120 Å². The maximum atomic E-state index is 12.2. The van der Waals surface area contributed by atoms with Crippen LogP contribution < -0.4 is 11.1 Å². The molecule has 0 unspecified atom stereocenters. The highest BCUT2D eigenvalue weighted by molar-refractivity contribution is 5.96. The van der Waals surface area contributed by atoms with Crippen LogP contribution in [0.5, 0.6) is 0 Å². The molecule has 1 amide bonds. The number of rotatable bonds is 4. The van der Waals surface area contributed by atoms with E-state index in [-0.39, 0.29) is 18.1 Å². The molecule has 0 saturated carbocycles. The van der Waals surface area contributed by atoms with Crippen molar-refractivity contribution in [3.05, 3.63) is 53.9 Å². The van der Waals surface area contributed by atoms with Gasteiger partial charge in [-0.05, 0) is 19.1 Å². The van der Waals surface area contributed by atoms with Crippen LogP contribution in [-0.4, -0.2) is 25.8 Å². The van der Waals surface area contributed by atoms with Gasteiger partial charge in [-0.15, -0.1) is 0 Å². The molecule has 0 bridgehead atoms. The number of hydrogen-bond donors (Lipinski definition) is 2. The van der Waals surface area contributed by atoms with E-state index >= 15 is 0 Å². The number of nitrogens with zero attached hydrogens (tertiary/aromatic N) is 4. The van der Waals surface area contributed by atoms with Gasteiger partial charge in [-0.1, -0.05) is 6.07 Å². The molecule has 3 N–H and O–H groups in total. The Hall–Kier alpha value is -3.29. The molecule has 116 valence electrons. The molecule has 0 fully saturated rings. The van der Waals surface area contributed by atoms with Crippen molar-refractivity contribution < 1.29 is 9.21 Å². The van der Waals surface area contributed by atoms with Crippen LogP contribution in [0.25, 0.3) is 11.6 Å². The lowest BCUT2D eigenvalue weighted by Gasteiger charge is -2.08. The normalized spacial score (nSPS) is 10.5. The number of nitrogen functional groups attached to an aromatic ring is 1. The Bertz CT molecular complexity index is 817. The number of oxazole rings is 1. The van der Waals surface area contributed by atoms with Gasteiger partial charge in [0.25, 0.3) is 5.91 Å². The third-order valence-electron chi connectivity index (χ3n) is 3.10. The van der Waals surface area contributed by atoms with E-state index in [1.807, 2.05) is 12.1 Å². The highest BCUT2D eigenvalue weighted by Crippen LogP contribution is 2.20. The molecular weight excluding hydrogens is 296 g/mol. The van der Waals surface area contributed by atoms with Gasteiger partial charge in [0.15, 0.2) is 11.5 Å². The summed E-state index contributed by atoms with van der Waals surface area (Å²) in [5, 5.41) is 2.71. The van der Waals surface area contributed by atoms with E-state index < -0.39 is 5.91 Å². The van der Waals surface area contributed by atoms with Gasteiger partial charge in [0.05, 0.1) is 24.1 Å². The van der Waals surface area contributed by atoms with E-state index in [4.69, 9.17) is 10.2 Å². The summed E-state index contributed by atoms with van der Waals surface area (Å²) in [5.74, 6) is -0.0906. The van der Waals surface area contributed by atoms with Crippen molar-refractivity contribution in [2.75, 3.05) is 5.73 Å². The molecule has 0 aliphatic carbocycles. The van der Waals surface area contributed by atoms with Crippen LogP contribution in [0, 0.1) is 6.92 Å². The third kappa shape index (κ3) is 3.15. The number of nitrogens with one attached hydrogen (secondary N) is 1. The van der Waals surface area contributed by atoms with E-state index in [0.717, 1.165) is 5.69 Å². The molecule has 3 heterocycles. The minimum atomic E-state index is -0.414. The quantitative estimate of drug-likeness (QED) is 0.746. The van der Waals surface area contributed by atoms with Crippen molar-refractivity contribution in [1.29, 1.82) is 0 Å². The second-order valence-electron chi connectivity index (χ2n) is 4.73. The first-order valence-electron chi connectivity index (χ1n) is 6.87. The van der Waals surface area contributed by atoms with Gasteiger partial charge in [-0.2, -0.15) is 0 Å². The molecule has 3 aromatic rings. The lowest BCUT2D eigenvalue weighted by atomic mass is 10.2. The number of aromatic nitrogens is 4. The maximum absolute atomic E-state index is 12.2. The average Bonchev–Trinajstić information content (AvgIpc) is 3.09. The molecule has 0 atom stereocenters. The number of pyridine rings is 1. The van der Waals surface area contributed by atoms with Gasteiger partial charge >= 0.3 is 0 Å². The Kier molecular flexibility index (Phi) is 3.96. The number of anilines is 1. The second-order valence-corrected chi connectivity index (χ2v) is 4.73. The smallest absolute Gasteiger partial charge is 0.274 e. The molecular formula is C15H14N6O2. The summed E-state index contributed by atoms with van der Waals surface area (Å²) in [7, 11) is 0. The Morgan fingerprint density at radius 3 is 2.83 bits per heavy atom. The number of carbonyl (C=O) groups is 1. The van der Waals surface area contributed by atoms with E-state index in [0.29, 0.717) is 17.3 Å². The summed E-state index contributed by atoms with van der Waals surface area (Å²) in [6, 6.07) is 5.46. The van der Waals surface area contributed by atoms with Crippen molar-refractivity contribution in [1.82, 2.24) is 25.3 Å². The lowest BCUT2D eigenvalue weighted by Crippen LogP contribution is -2.26. The minimum absolute atomic E-state index is 0.0160. The van der Waals surface area contributed by atoms with Crippen molar-refractivity contribution in [3.63, 3.8) is 0 Å². The molecule has 0 radical (unpaired) electrons. The lowest BCUT2D eigenvalue weighted by molar-refractivity contribution is 0.0946. The molecule has 0 spiro atoms. The fourth-order valence-corrected chi connectivity index (χ4v) is 2.00. The average molecular weight is 310 g/mol. The maximum Gasteiger partial charge on any atom is 0.274 e. The summed E-state index contributed by atoms with van der Waals surface area (Å²) >= 11 is 0. The highest BCUT2D eigenvalue weighted by Gasteiger charge is 2.18. The first-order valence-corrected chi connectivity index (χ1v) is 6.87. The standard InChI is InChI=1S/C15H14N6O2/c1-9-11(15-18-6-7-23-15)21-13(16)12(20-9)14(22)19-8-10-4-2-3-5-17-10/h2-7H,8H2,1H3,(H2,16,21)(H,19,22). The van der Waals surface area contributed by atoms with Crippen LogP contribution in [0.2, 0.25) is 0 Å². The van der Waals surface area contributed by atoms with Gasteiger partial charge in [0, 0.05) is 6.20 Å². The molecule has 0 saturated heterocycles. The monoisotopic (exact) mass is 310 g/mol. The highest BCUT2D eigenvalue weighted by atomic mass is 16.3. The summed E-state index contributed by atoms with van der Waals surface area (Å²) in [4.78, 5) is 28.8. The summed E-state index contributed by atoms with van der Waals surface area (Å²) < 4.78 is 5.18. The first-order chi connectivity index (χ1) is 11.1. The number of nitrogens with two attached hydrogens (primary N) is 1. The number of amides is 1. The first kappa shape index (κ1) is 14.6. The van der Waals surface area contributed by atoms with Crippen molar-refractivity contribution >= 4 is 11.7 Å². The van der Waals surface area contributed by atoms with Crippen LogP contribution in [0.1, 0.15) is 21.9 Å². The number of hydrogen-bond acceptors (Lipinski definition) is 7. The largest absolute Gasteiger partial charge is 0.443 e. The Labute approximate surface area is 131 Å². The zero-order chi connectivity index (χ0) is 16.2. The van der Waals surface area contributed by atoms with Gasteiger partial charge in [0.2, 0.25) is 5.89 Å². The van der Waals surface area contributed by atoms with Crippen molar-refractivity contribution in [3.8, 4) is 11.6 Å². The van der Waals surface area contributed by atoms with Gasteiger partial charge in [-0.25, -0.2) is 15.0 Å². The van der Waals surface area contributed by atoms with Crippen LogP contribution in [0.3, 0.4) is 0 Å². The summed E-state index contributed by atoms with van der Waals surface area (Å²) in [6.07, 6.45) is 4.59. The van der Waals surface area contributed by atoms with E-state index in [1.165, 1.54) is 12.5 Å². The molecule has 0 aromatic carbocycles. The third-order valence-corrected chi connectivity index (χ3v) is 3.10. The molecule has 8 nitrogen and oxygen atoms in total. The van der Waals surface area contributed by atoms with E-state index in [2.05, 4.69) is 25.3 Å². The molecule has 0 aliphatic heterocycles. The molecule has 0 aliphatic rings. The van der Waals surface area contributed by atoms with Crippen LogP contribution >= 0.6 is 0 Å².